The van der Waals surface area contributed by atoms with Crippen molar-refractivity contribution in [3.05, 3.63) is 25.3 Å². The molecule has 0 spiro atoms. The molecule has 2 rings (SSSR count). The smallest absolute Gasteiger partial charge is 0.330 e. The summed E-state index contributed by atoms with van der Waals surface area (Å²) in [5.41, 5.74) is 0.250. The van der Waals surface area contributed by atoms with Crippen molar-refractivity contribution in [3.8, 4) is 0 Å². The molecule has 0 aromatic carbocycles. The van der Waals surface area contributed by atoms with Gasteiger partial charge in [0.1, 0.15) is 0 Å². The highest BCUT2D eigenvalue weighted by atomic mass is 16.5. The minimum atomic E-state index is -0.347. The molecule has 0 saturated heterocycles. The Labute approximate surface area is 151 Å². The van der Waals surface area contributed by atoms with Gasteiger partial charge in [0.15, 0.2) is 0 Å². The van der Waals surface area contributed by atoms with Gasteiger partial charge in [-0.05, 0) is 49.9 Å². The van der Waals surface area contributed by atoms with Crippen LogP contribution >= 0.6 is 0 Å². The van der Waals surface area contributed by atoms with Gasteiger partial charge < -0.3 is 9.47 Å². The predicted molar refractivity (Wildman–Crippen MR) is 97.8 cm³/mol. The number of hydrogen-bond acceptors (Lipinski definition) is 4. The zero-order chi connectivity index (χ0) is 18.7. The lowest BCUT2D eigenvalue weighted by Crippen LogP contribution is -2.37. The summed E-state index contributed by atoms with van der Waals surface area (Å²) in [6.07, 6.45) is 8.81. The highest BCUT2D eigenvalue weighted by Gasteiger charge is 2.55. The van der Waals surface area contributed by atoms with E-state index in [1.807, 2.05) is 0 Å². The molecule has 0 aromatic rings. The molecule has 0 amide bonds. The van der Waals surface area contributed by atoms with Crippen LogP contribution in [-0.4, -0.2) is 25.2 Å². The van der Waals surface area contributed by atoms with Gasteiger partial charge in [0.05, 0.1) is 13.2 Å². The molecule has 4 nitrogen and oxygen atoms in total. The van der Waals surface area contributed by atoms with Crippen molar-refractivity contribution >= 4 is 11.9 Å². The predicted octanol–water partition coefficient (Wildman–Crippen LogP) is 4.45. The van der Waals surface area contributed by atoms with Crippen molar-refractivity contribution in [1.29, 1.82) is 0 Å². The summed E-state index contributed by atoms with van der Waals surface area (Å²) >= 11 is 0. The summed E-state index contributed by atoms with van der Waals surface area (Å²) in [5.74, 6) is -0.143. The number of fused-ring (bicyclic) bond motifs is 2. The first kappa shape index (κ1) is 19.7. The number of ether oxygens (including phenoxy) is 2. The molecule has 0 heterocycles. The third kappa shape index (κ3) is 4.34. The van der Waals surface area contributed by atoms with Crippen molar-refractivity contribution in [3.63, 3.8) is 0 Å². The Kier molecular flexibility index (Phi) is 5.80. The van der Waals surface area contributed by atoms with E-state index in [0.29, 0.717) is 19.1 Å². The molecule has 2 aliphatic rings. The Morgan fingerprint density at radius 3 is 2.24 bits per heavy atom. The Hall–Kier alpha value is -1.58. The second-order valence-electron chi connectivity index (χ2n) is 8.75. The van der Waals surface area contributed by atoms with E-state index >= 15 is 0 Å². The second kappa shape index (κ2) is 7.35. The van der Waals surface area contributed by atoms with Crippen LogP contribution in [0.25, 0.3) is 0 Å². The highest BCUT2D eigenvalue weighted by Crippen LogP contribution is 2.63. The number of rotatable bonds is 7. The fourth-order valence-corrected chi connectivity index (χ4v) is 5.45. The fraction of sp³-hybridized carbons (Fsp3) is 0.714. The molecule has 3 unspecified atom stereocenters. The van der Waals surface area contributed by atoms with Crippen LogP contribution in [0.3, 0.4) is 0 Å². The van der Waals surface area contributed by atoms with Crippen LogP contribution in [-0.2, 0) is 19.1 Å². The molecule has 2 bridgehead atoms. The van der Waals surface area contributed by atoms with Crippen LogP contribution in [0.2, 0.25) is 0 Å². The minimum Gasteiger partial charge on any atom is -0.462 e. The van der Waals surface area contributed by atoms with Crippen LogP contribution < -0.4 is 0 Å². The summed E-state index contributed by atoms with van der Waals surface area (Å²) < 4.78 is 10.8. The highest BCUT2D eigenvalue weighted by molar-refractivity contribution is 5.81. The number of carbonyl (C=O) groups is 2. The second-order valence-corrected chi connectivity index (χ2v) is 8.75. The monoisotopic (exact) mass is 348 g/mol. The summed E-state index contributed by atoms with van der Waals surface area (Å²) in [4.78, 5) is 23.0. The summed E-state index contributed by atoms with van der Waals surface area (Å²) in [6, 6.07) is 0. The summed E-state index contributed by atoms with van der Waals surface area (Å²) in [6.45, 7) is 14.6. The quantitative estimate of drug-likeness (QED) is 0.504. The normalized spacial score (nSPS) is 37.0. The molecule has 4 atom stereocenters. The molecule has 0 aliphatic heterocycles. The summed E-state index contributed by atoms with van der Waals surface area (Å²) in [7, 11) is 0. The Balaban J connectivity index is 2.11. The van der Waals surface area contributed by atoms with Crippen molar-refractivity contribution < 1.29 is 19.1 Å². The van der Waals surface area contributed by atoms with Crippen LogP contribution in [0.15, 0.2) is 25.3 Å². The van der Waals surface area contributed by atoms with Gasteiger partial charge in [0, 0.05) is 23.0 Å². The third-order valence-corrected chi connectivity index (χ3v) is 6.44. The van der Waals surface area contributed by atoms with Crippen molar-refractivity contribution in [2.24, 2.45) is 22.2 Å². The van der Waals surface area contributed by atoms with Crippen LogP contribution in [0, 0.1) is 22.2 Å². The first-order valence-electron chi connectivity index (χ1n) is 9.28. The first-order valence-corrected chi connectivity index (χ1v) is 9.28. The Morgan fingerprint density at radius 1 is 1.08 bits per heavy atom. The van der Waals surface area contributed by atoms with Gasteiger partial charge >= 0.3 is 11.9 Å². The van der Waals surface area contributed by atoms with E-state index < -0.39 is 0 Å². The minimum absolute atomic E-state index is 0.000135. The lowest BCUT2D eigenvalue weighted by molar-refractivity contribution is -0.143. The van der Waals surface area contributed by atoms with Crippen molar-refractivity contribution in [1.82, 2.24) is 0 Å². The maximum Gasteiger partial charge on any atom is 0.330 e. The van der Waals surface area contributed by atoms with Crippen LogP contribution in [0.5, 0.6) is 0 Å². The SMILES string of the molecule is C=CC(=O)OCC1(C)CC[C@@H]2CC(C)(C1)CC2(CC)COC(=O)C=C. The lowest BCUT2D eigenvalue weighted by Gasteiger charge is -2.41. The van der Waals surface area contributed by atoms with Gasteiger partial charge in [-0.3, -0.25) is 0 Å². The molecule has 0 radical (unpaired) electrons. The van der Waals surface area contributed by atoms with E-state index in [1.54, 1.807) is 0 Å². The number of carbonyl (C=O) groups excluding carboxylic acids is 2. The van der Waals surface area contributed by atoms with E-state index in [4.69, 9.17) is 9.47 Å². The average Bonchev–Trinajstić information content (AvgIpc) is 2.79. The van der Waals surface area contributed by atoms with E-state index in [2.05, 4.69) is 33.9 Å². The van der Waals surface area contributed by atoms with Gasteiger partial charge in [-0.2, -0.15) is 0 Å². The molecule has 2 fully saturated rings. The fourth-order valence-electron chi connectivity index (χ4n) is 5.45. The van der Waals surface area contributed by atoms with Gasteiger partial charge in [-0.1, -0.05) is 33.9 Å². The van der Waals surface area contributed by atoms with Crippen LogP contribution in [0.1, 0.15) is 59.3 Å². The van der Waals surface area contributed by atoms with Gasteiger partial charge in [-0.15, -0.1) is 0 Å². The van der Waals surface area contributed by atoms with Crippen molar-refractivity contribution in [2.45, 2.75) is 59.3 Å². The van der Waals surface area contributed by atoms with Crippen molar-refractivity contribution in [2.75, 3.05) is 13.2 Å². The zero-order valence-electron chi connectivity index (χ0n) is 15.9. The molecule has 2 saturated carbocycles. The third-order valence-electron chi connectivity index (χ3n) is 6.44. The maximum atomic E-state index is 11.6. The van der Waals surface area contributed by atoms with Gasteiger partial charge in [0.2, 0.25) is 0 Å². The Morgan fingerprint density at radius 2 is 1.68 bits per heavy atom. The molecular weight excluding hydrogens is 316 g/mol. The van der Waals surface area contributed by atoms with E-state index in [0.717, 1.165) is 38.5 Å². The molecule has 2 aliphatic carbocycles. The van der Waals surface area contributed by atoms with Crippen LogP contribution in [0.4, 0.5) is 0 Å². The van der Waals surface area contributed by atoms with E-state index in [1.165, 1.54) is 12.2 Å². The Bertz CT molecular complexity index is 554. The van der Waals surface area contributed by atoms with E-state index in [9.17, 15) is 9.59 Å². The lowest BCUT2D eigenvalue weighted by atomic mass is 9.66. The molecule has 25 heavy (non-hydrogen) atoms. The maximum absolute atomic E-state index is 11.6. The molecule has 0 N–H and O–H groups in total. The first-order chi connectivity index (χ1) is 11.7. The standard InChI is InChI=1S/C21H32O4/c1-6-17(22)24-14-19(4)10-9-16-11-20(5,12-19)13-21(16,8-3)15-25-18(23)7-2/h6-7,16H,1-2,8-15H2,3-5H3/t16-,19?,20?,21?/m1/s1. The molecule has 0 aromatic heterocycles. The molecular formula is C21H32O4. The average molecular weight is 348 g/mol. The number of esters is 2. The topological polar surface area (TPSA) is 52.6 Å². The van der Waals surface area contributed by atoms with Gasteiger partial charge in [0.25, 0.3) is 0 Å². The summed E-state index contributed by atoms with van der Waals surface area (Å²) in [5, 5.41) is 0. The zero-order valence-corrected chi connectivity index (χ0v) is 15.9. The molecule has 4 heteroatoms. The van der Waals surface area contributed by atoms with Gasteiger partial charge in [-0.25, -0.2) is 9.59 Å². The van der Waals surface area contributed by atoms with E-state index in [-0.39, 0.29) is 28.2 Å². The molecule has 140 valence electrons. The number of hydrogen-bond donors (Lipinski definition) is 0. The largest absolute Gasteiger partial charge is 0.462 e.